The number of aryl methyl sites for hydroxylation is 2. The maximum absolute atomic E-state index is 13.6. The van der Waals surface area contributed by atoms with E-state index in [4.69, 9.17) is 56.8 Å². The summed E-state index contributed by atoms with van der Waals surface area (Å²) in [5.41, 5.74) is 3.55. The van der Waals surface area contributed by atoms with E-state index in [1.165, 1.54) is 0 Å². The molecule has 1 saturated heterocycles. The Balaban J connectivity index is 1.53. The van der Waals surface area contributed by atoms with Gasteiger partial charge in [-0.2, -0.15) is 0 Å². The first-order valence-corrected chi connectivity index (χ1v) is 21.7. The van der Waals surface area contributed by atoms with Gasteiger partial charge in [-0.25, -0.2) is 0 Å². The molecule has 1 heterocycles. The molecule has 0 unspecified atom stereocenters. The SMILES string of the molecule is COCCOCCOCCOc1cc(C(=O)NCc2cc(C)cc(C)c2)cc(OCCOCCOCCOC(=O)CCCN2CCN(C)CC2)c1OCCOCCOCCOC. The summed E-state index contributed by atoms with van der Waals surface area (Å²) in [6.07, 6.45) is 1.18. The number of nitrogens with one attached hydrogen (secondary N) is 1. The summed E-state index contributed by atoms with van der Waals surface area (Å²) in [7, 11) is 5.37. The lowest BCUT2D eigenvalue weighted by Crippen LogP contribution is -2.44. The van der Waals surface area contributed by atoms with Crippen molar-refractivity contribution in [3.05, 3.63) is 52.6 Å². The molecule has 0 spiro atoms. The van der Waals surface area contributed by atoms with Crippen molar-refractivity contribution in [2.45, 2.75) is 33.2 Å². The van der Waals surface area contributed by atoms with Gasteiger partial charge in [-0.3, -0.25) is 9.59 Å². The van der Waals surface area contributed by atoms with Crippen LogP contribution in [0.5, 0.6) is 17.2 Å². The van der Waals surface area contributed by atoms with Crippen LogP contribution in [0.4, 0.5) is 0 Å². The highest BCUT2D eigenvalue weighted by Gasteiger charge is 2.20. The van der Waals surface area contributed by atoms with Gasteiger partial charge >= 0.3 is 5.97 Å². The molecule has 2 aromatic rings. The van der Waals surface area contributed by atoms with Gasteiger partial charge in [-0.15, -0.1) is 0 Å². The predicted octanol–water partition coefficient (Wildman–Crippen LogP) is 3.33. The third-order valence-corrected chi connectivity index (χ3v) is 9.38. The number of hydrogen-bond donors (Lipinski definition) is 1. The van der Waals surface area contributed by atoms with E-state index in [0.29, 0.717) is 102 Å². The molecule has 2 aromatic carbocycles. The number of carbonyl (C=O) groups is 2. The van der Waals surface area contributed by atoms with Crippen LogP contribution >= 0.6 is 0 Å². The van der Waals surface area contributed by atoms with Crippen LogP contribution in [0.2, 0.25) is 0 Å². The summed E-state index contributed by atoms with van der Waals surface area (Å²) in [4.78, 5) is 30.4. The molecule has 1 aliphatic rings. The molecule has 1 aliphatic heterocycles. The van der Waals surface area contributed by atoms with Crippen molar-refractivity contribution in [3.63, 3.8) is 0 Å². The lowest BCUT2D eigenvalue weighted by Gasteiger charge is -2.32. The second-order valence-electron chi connectivity index (χ2n) is 14.7. The van der Waals surface area contributed by atoms with Crippen LogP contribution in [0.15, 0.2) is 30.3 Å². The zero-order valence-corrected chi connectivity index (χ0v) is 37.9. The molecule has 0 aromatic heterocycles. The minimum Gasteiger partial charge on any atom is -0.487 e. The van der Waals surface area contributed by atoms with Gasteiger partial charge in [0, 0.05) is 58.9 Å². The van der Waals surface area contributed by atoms with Crippen molar-refractivity contribution in [3.8, 4) is 17.2 Å². The van der Waals surface area contributed by atoms with Crippen LogP contribution in [-0.2, 0) is 54.0 Å². The fraction of sp³-hybridized carbons (Fsp3) is 0.689. The Labute approximate surface area is 368 Å². The van der Waals surface area contributed by atoms with E-state index in [0.717, 1.165) is 55.8 Å². The number of rotatable bonds is 37. The van der Waals surface area contributed by atoms with Crippen molar-refractivity contribution in [2.24, 2.45) is 0 Å². The van der Waals surface area contributed by atoms with Gasteiger partial charge in [-0.1, -0.05) is 29.3 Å². The van der Waals surface area contributed by atoms with Crippen LogP contribution in [-0.4, -0.2) is 195 Å². The Morgan fingerprint density at radius 1 is 0.565 bits per heavy atom. The maximum atomic E-state index is 13.6. The molecule has 1 amide bonds. The Bertz CT molecular complexity index is 1470. The van der Waals surface area contributed by atoms with E-state index in [2.05, 4.69) is 28.2 Å². The second kappa shape index (κ2) is 33.9. The highest BCUT2D eigenvalue weighted by molar-refractivity contribution is 5.95. The summed E-state index contributed by atoms with van der Waals surface area (Å²) in [6.45, 7) is 15.5. The maximum Gasteiger partial charge on any atom is 0.305 e. The molecule has 62 heavy (non-hydrogen) atoms. The number of esters is 1. The number of ether oxygens (including phenoxy) is 12. The van der Waals surface area contributed by atoms with Crippen LogP contribution in [0.1, 0.15) is 39.9 Å². The first-order chi connectivity index (χ1) is 30.3. The lowest BCUT2D eigenvalue weighted by molar-refractivity contribution is -0.145. The first-order valence-electron chi connectivity index (χ1n) is 21.7. The zero-order valence-electron chi connectivity index (χ0n) is 37.9. The van der Waals surface area contributed by atoms with Crippen LogP contribution in [0, 0.1) is 13.8 Å². The van der Waals surface area contributed by atoms with Crippen molar-refractivity contribution < 1.29 is 66.4 Å². The largest absolute Gasteiger partial charge is 0.487 e. The number of nitrogens with zero attached hydrogens (tertiary/aromatic N) is 2. The molecule has 0 saturated carbocycles. The van der Waals surface area contributed by atoms with E-state index in [9.17, 15) is 9.59 Å². The molecule has 3 rings (SSSR count). The van der Waals surface area contributed by atoms with Crippen LogP contribution in [0.3, 0.4) is 0 Å². The van der Waals surface area contributed by atoms with Gasteiger partial charge < -0.3 is 72.0 Å². The summed E-state index contributed by atoms with van der Waals surface area (Å²) >= 11 is 0. The van der Waals surface area contributed by atoms with Crippen LogP contribution in [0.25, 0.3) is 0 Å². The summed E-state index contributed by atoms with van der Waals surface area (Å²) in [5.74, 6) is 0.415. The highest BCUT2D eigenvalue weighted by Crippen LogP contribution is 2.39. The topological polar surface area (TPSA) is 163 Å². The molecular formula is C45H73N3O14. The minimum absolute atomic E-state index is 0.149. The van der Waals surface area contributed by atoms with Gasteiger partial charge in [0.2, 0.25) is 5.75 Å². The molecule has 0 aliphatic carbocycles. The van der Waals surface area contributed by atoms with E-state index in [1.54, 1.807) is 26.4 Å². The number of methoxy groups -OCH3 is 2. The third-order valence-electron chi connectivity index (χ3n) is 9.38. The Kier molecular flexibility index (Phi) is 28.8. The number of benzene rings is 2. The molecule has 352 valence electrons. The summed E-state index contributed by atoms with van der Waals surface area (Å²) in [6, 6.07) is 9.44. The smallest absolute Gasteiger partial charge is 0.305 e. The molecule has 1 fully saturated rings. The van der Waals surface area contributed by atoms with Crippen molar-refractivity contribution in [1.82, 2.24) is 15.1 Å². The lowest BCUT2D eigenvalue weighted by atomic mass is 10.1. The second-order valence-corrected chi connectivity index (χ2v) is 14.7. The average molecular weight is 880 g/mol. The van der Waals surface area contributed by atoms with Crippen LogP contribution < -0.4 is 19.5 Å². The number of amides is 1. The molecule has 0 atom stereocenters. The molecular weight excluding hydrogens is 807 g/mol. The average Bonchev–Trinajstić information content (AvgIpc) is 3.25. The van der Waals surface area contributed by atoms with E-state index >= 15 is 0 Å². The number of likely N-dealkylation sites (N-methyl/N-ethyl adjacent to an activating group) is 1. The number of piperazine rings is 1. The quantitative estimate of drug-likeness (QED) is 0.0776. The fourth-order valence-corrected chi connectivity index (χ4v) is 6.20. The third kappa shape index (κ3) is 24.3. The molecule has 17 heteroatoms. The molecule has 17 nitrogen and oxygen atoms in total. The standard InChI is InChI=1S/C45H73N3O14/c1-37-31-38(2)33-39(32-37)36-46-45(50)40-34-41(59-27-23-55-19-17-53-15-13-51-4)44(62-30-26-58-20-18-54-16-14-52-5)42(35-40)60-28-24-56-21-22-57-25-29-61-43(49)7-6-8-48-11-9-47(3)10-12-48/h31-35H,6-30,36H2,1-5H3,(H,46,50). The zero-order chi connectivity index (χ0) is 44.5. The normalized spacial score (nSPS) is 13.3. The predicted molar refractivity (Wildman–Crippen MR) is 233 cm³/mol. The first kappa shape index (κ1) is 52.7. The van der Waals surface area contributed by atoms with E-state index < -0.39 is 0 Å². The van der Waals surface area contributed by atoms with E-state index in [1.807, 2.05) is 26.0 Å². The van der Waals surface area contributed by atoms with Crippen molar-refractivity contribution in [1.29, 1.82) is 0 Å². The Hall–Kier alpha value is -3.62. The van der Waals surface area contributed by atoms with Gasteiger partial charge in [0.15, 0.2) is 11.5 Å². The number of carbonyl (C=O) groups excluding carboxylic acids is 2. The molecule has 0 bridgehead atoms. The molecule has 0 radical (unpaired) electrons. The Morgan fingerprint density at radius 3 is 1.52 bits per heavy atom. The Morgan fingerprint density at radius 2 is 1.02 bits per heavy atom. The summed E-state index contributed by atoms with van der Waals surface area (Å²) < 4.78 is 67.6. The highest BCUT2D eigenvalue weighted by atomic mass is 16.6. The number of hydrogen-bond acceptors (Lipinski definition) is 16. The minimum atomic E-state index is -0.309. The fourth-order valence-electron chi connectivity index (χ4n) is 6.20. The van der Waals surface area contributed by atoms with Gasteiger partial charge in [0.05, 0.1) is 92.5 Å². The van der Waals surface area contributed by atoms with Gasteiger partial charge in [-0.05, 0) is 51.6 Å². The molecule has 1 N–H and O–H groups in total. The monoisotopic (exact) mass is 880 g/mol. The van der Waals surface area contributed by atoms with E-state index in [-0.39, 0.29) is 64.7 Å². The van der Waals surface area contributed by atoms with Gasteiger partial charge in [0.1, 0.15) is 26.4 Å². The van der Waals surface area contributed by atoms with Crippen molar-refractivity contribution in [2.75, 3.05) is 173 Å². The van der Waals surface area contributed by atoms with Crippen molar-refractivity contribution >= 4 is 11.9 Å². The summed E-state index contributed by atoms with van der Waals surface area (Å²) in [5, 5.41) is 3.02. The van der Waals surface area contributed by atoms with Gasteiger partial charge in [0.25, 0.3) is 5.91 Å².